The predicted octanol–water partition coefficient (Wildman–Crippen LogP) is 2.59. The van der Waals surface area contributed by atoms with Crippen molar-refractivity contribution in [2.24, 2.45) is 21.3 Å². The number of ether oxygens (including phenoxy) is 2. The number of aliphatic imine (C=N–C) groups is 2. The first-order valence-corrected chi connectivity index (χ1v) is 8.26. The Balaban J connectivity index is 3.22. The van der Waals surface area contributed by atoms with Gasteiger partial charge in [0, 0.05) is 11.8 Å². The van der Waals surface area contributed by atoms with Crippen LogP contribution >= 0.6 is 0 Å². The second-order valence-corrected chi connectivity index (χ2v) is 7.44. The minimum atomic E-state index is -0.825. The van der Waals surface area contributed by atoms with E-state index in [0.29, 0.717) is 18.2 Å². The zero-order valence-electron chi connectivity index (χ0n) is 16.0. The third kappa shape index (κ3) is 4.36. The fourth-order valence-corrected chi connectivity index (χ4v) is 2.52. The second kappa shape index (κ2) is 7.81. The Morgan fingerprint density at radius 2 is 2.00 bits per heavy atom. The van der Waals surface area contributed by atoms with E-state index < -0.39 is 11.0 Å². The summed E-state index contributed by atoms with van der Waals surface area (Å²) in [7, 11) is 3.17. The summed E-state index contributed by atoms with van der Waals surface area (Å²) in [4.78, 5) is 21.8. The van der Waals surface area contributed by atoms with Crippen LogP contribution in [0, 0.1) is 11.3 Å². The van der Waals surface area contributed by atoms with E-state index in [4.69, 9.17) is 19.5 Å². The lowest BCUT2D eigenvalue weighted by atomic mass is 9.90. The summed E-state index contributed by atoms with van der Waals surface area (Å²) in [5, 5.41) is 2.96. The Hall–Kier alpha value is -1.85. The molecule has 0 aromatic heterocycles. The fraction of sp³-hybridized carbons (Fsp3) is 0.722. The minimum Gasteiger partial charge on any atom is -0.483 e. The zero-order valence-corrected chi connectivity index (χ0v) is 16.0. The molecule has 0 bridgehead atoms. The van der Waals surface area contributed by atoms with E-state index in [1.54, 1.807) is 20.3 Å². The topological polar surface area (TPSA) is 72.3 Å². The van der Waals surface area contributed by atoms with E-state index in [9.17, 15) is 4.79 Å². The van der Waals surface area contributed by atoms with Crippen LogP contribution in [0.5, 0.6) is 0 Å². The molecule has 1 aliphatic heterocycles. The summed E-state index contributed by atoms with van der Waals surface area (Å²) in [5.74, 6) is 1.22. The average Bonchev–Trinajstić information content (AvgIpc) is 2.51. The number of rotatable bonds is 5. The van der Waals surface area contributed by atoms with Crippen LogP contribution in [0.2, 0.25) is 0 Å². The van der Waals surface area contributed by atoms with Crippen molar-refractivity contribution < 1.29 is 14.3 Å². The van der Waals surface area contributed by atoms with Gasteiger partial charge in [0.05, 0.1) is 20.8 Å². The van der Waals surface area contributed by atoms with Crippen LogP contribution in [0.4, 0.5) is 0 Å². The van der Waals surface area contributed by atoms with Gasteiger partial charge in [0.1, 0.15) is 6.04 Å². The maximum atomic E-state index is 12.3. The molecule has 1 N–H and O–H groups in total. The van der Waals surface area contributed by atoms with Crippen molar-refractivity contribution in [3.05, 3.63) is 12.7 Å². The second-order valence-electron chi connectivity index (χ2n) is 7.44. The van der Waals surface area contributed by atoms with Crippen LogP contribution in [0.3, 0.4) is 0 Å². The zero-order chi connectivity index (χ0) is 18.5. The van der Waals surface area contributed by atoms with Gasteiger partial charge in [0.15, 0.2) is 5.54 Å². The van der Waals surface area contributed by atoms with E-state index in [2.05, 4.69) is 25.7 Å². The first-order valence-electron chi connectivity index (χ1n) is 8.26. The Morgan fingerprint density at radius 1 is 1.38 bits per heavy atom. The van der Waals surface area contributed by atoms with Crippen molar-refractivity contribution in [1.82, 2.24) is 5.32 Å². The molecule has 24 heavy (non-hydrogen) atoms. The summed E-state index contributed by atoms with van der Waals surface area (Å²) in [6.07, 6.45) is 2.24. The number of hydrogen-bond acceptors (Lipinski definition) is 5. The third-order valence-electron chi connectivity index (χ3n) is 3.97. The predicted molar refractivity (Wildman–Crippen MR) is 97.5 cm³/mol. The van der Waals surface area contributed by atoms with Gasteiger partial charge < -0.3 is 14.8 Å². The maximum absolute atomic E-state index is 12.3. The van der Waals surface area contributed by atoms with Crippen molar-refractivity contribution in [2.45, 2.75) is 52.6 Å². The first-order chi connectivity index (χ1) is 11.1. The Morgan fingerprint density at radius 3 is 2.42 bits per heavy atom. The molecule has 0 fully saturated rings. The smallest absolute Gasteiger partial charge is 0.225 e. The van der Waals surface area contributed by atoms with Crippen molar-refractivity contribution in [2.75, 3.05) is 20.8 Å². The first kappa shape index (κ1) is 20.2. The molecule has 2 atom stereocenters. The summed E-state index contributed by atoms with van der Waals surface area (Å²) in [6.45, 7) is 13.8. The molecule has 0 aromatic rings. The van der Waals surface area contributed by atoms with Gasteiger partial charge in [-0.25, -0.2) is 9.98 Å². The number of amides is 1. The van der Waals surface area contributed by atoms with Crippen LogP contribution < -0.4 is 5.32 Å². The molecule has 0 aromatic carbocycles. The van der Waals surface area contributed by atoms with Crippen LogP contribution in [0.1, 0.15) is 41.0 Å². The quantitative estimate of drug-likeness (QED) is 0.784. The van der Waals surface area contributed by atoms with Crippen LogP contribution in [0.25, 0.3) is 0 Å². The molecule has 1 aliphatic rings. The highest BCUT2D eigenvalue weighted by Crippen LogP contribution is 2.28. The van der Waals surface area contributed by atoms with Crippen molar-refractivity contribution in [1.29, 1.82) is 0 Å². The summed E-state index contributed by atoms with van der Waals surface area (Å²) >= 11 is 0. The van der Waals surface area contributed by atoms with E-state index in [1.165, 1.54) is 0 Å². The highest BCUT2D eigenvalue weighted by atomic mass is 16.5. The van der Waals surface area contributed by atoms with E-state index in [-0.39, 0.29) is 24.4 Å². The molecule has 0 aliphatic carbocycles. The molecular formula is C18H31N3O3. The maximum Gasteiger partial charge on any atom is 0.225 e. The molecule has 1 rings (SSSR count). The van der Waals surface area contributed by atoms with E-state index in [0.717, 1.165) is 0 Å². The normalized spacial score (nSPS) is 24.1. The monoisotopic (exact) mass is 337 g/mol. The van der Waals surface area contributed by atoms with Gasteiger partial charge in [0.25, 0.3) is 0 Å². The van der Waals surface area contributed by atoms with Gasteiger partial charge in [-0.2, -0.15) is 0 Å². The molecule has 1 amide bonds. The Bertz CT molecular complexity index is 532. The van der Waals surface area contributed by atoms with Gasteiger partial charge >= 0.3 is 0 Å². The molecule has 1 heterocycles. The third-order valence-corrected chi connectivity index (χ3v) is 3.97. The van der Waals surface area contributed by atoms with E-state index in [1.807, 2.05) is 20.8 Å². The fourth-order valence-electron chi connectivity index (χ4n) is 2.52. The van der Waals surface area contributed by atoms with Crippen LogP contribution in [-0.4, -0.2) is 50.0 Å². The van der Waals surface area contributed by atoms with Crippen molar-refractivity contribution in [3.63, 3.8) is 0 Å². The minimum absolute atomic E-state index is 0.0541. The number of hydrogen-bond donors (Lipinski definition) is 1. The number of methoxy groups -OCH3 is 2. The lowest BCUT2D eigenvalue weighted by Gasteiger charge is -2.36. The van der Waals surface area contributed by atoms with Crippen molar-refractivity contribution in [3.8, 4) is 0 Å². The molecular weight excluding hydrogens is 306 g/mol. The Kier molecular flexibility index (Phi) is 6.58. The number of carbonyl (C=O) groups is 1. The number of carbonyl (C=O) groups excluding carboxylic acids is 1. The molecule has 0 saturated carbocycles. The van der Waals surface area contributed by atoms with E-state index >= 15 is 0 Å². The molecule has 136 valence electrons. The van der Waals surface area contributed by atoms with Crippen LogP contribution in [0.15, 0.2) is 22.6 Å². The lowest BCUT2D eigenvalue weighted by Crippen LogP contribution is -2.54. The average molecular weight is 337 g/mol. The molecule has 0 spiro atoms. The van der Waals surface area contributed by atoms with Crippen molar-refractivity contribution >= 4 is 17.7 Å². The highest BCUT2D eigenvalue weighted by molar-refractivity contribution is 5.97. The van der Waals surface area contributed by atoms with Crippen LogP contribution in [-0.2, 0) is 14.3 Å². The number of nitrogens with zero attached hydrogens (tertiary/aromatic N) is 2. The van der Waals surface area contributed by atoms with Gasteiger partial charge in [0.2, 0.25) is 17.7 Å². The van der Waals surface area contributed by atoms with Gasteiger partial charge in [-0.05, 0) is 5.92 Å². The summed E-state index contributed by atoms with van der Waals surface area (Å²) in [5.41, 5.74) is -1.31. The molecule has 6 nitrogen and oxygen atoms in total. The van der Waals surface area contributed by atoms with Gasteiger partial charge in [-0.15, -0.1) is 6.58 Å². The van der Waals surface area contributed by atoms with Gasteiger partial charge in [-0.3, -0.25) is 4.79 Å². The molecule has 0 saturated heterocycles. The molecule has 0 radical (unpaired) electrons. The standard InChI is InChI=1S/C18H31N3O3/c1-9-10-18(11-19-15(22)17(4,5)6)16(24-8)20-13(12(2)3)14(21-18)23-7/h9,12-13H,1,10-11H2,2-8H3,(H,19,22)/t13-,18+/m0/s1. The number of nitrogens with one attached hydrogen (secondary N) is 1. The largest absolute Gasteiger partial charge is 0.483 e. The SMILES string of the molecule is C=CC[C@]1(CNC(=O)C(C)(C)C)N=C(OC)[C@H](C(C)C)N=C1OC. The summed E-state index contributed by atoms with van der Waals surface area (Å²) < 4.78 is 11.0. The molecule has 6 heteroatoms. The lowest BCUT2D eigenvalue weighted by molar-refractivity contribution is -0.128. The summed E-state index contributed by atoms with van der Waals surface area (Å²) in [6, 6.07) is -0.193. The van der Waals surface area contributed by atoms with Gasteiger partial charge in [-0.1, -0.05) is 40.7 Å². The highest BCUT2D eigenvalue weighted by Gasteiger charge is 2.43. The molecule has 0 unspecified atom stereocenters. The Labute approximate surface area is 145 Å².